The minimum Gasteiger partial charge on any atom is -0.325 e. The third-order valence-electron chi connectivity index (χ3n) is 2.90. The van der Waals surface area contributed by atoms with Gasteiger partial charge in [0.1, 0.15) is 0 Å². The molecule has 0 amide bonds. The minimum atomic E-state index is 0.0708. The Kier molecular flexibility index (Phi) is 2.32. The molecule has 13 heavy (non-hydrogen) atoms. The topological polar surface area (TPSA) is 38.9 Å². The van der Waals surface area contributed by atoms with E-state index in [1.54, 1.807) is 0 Å². The van der Waals surface area contributed by atoms with E-state index in [0.29, 0.717) is 0 Å². The average Bonchev–Trinajstić information content (AvgIpc) is 2.54. The van der Waals surface area contributed by atoms with Crippen LogP contribution < -0.4 is 5.73 Å². The van der Waals surface area contributed by atoms with Gasteiger partial charge in [-0.05, 0) is 37.0 Å². The van der Waals surface area contributed by atoms with Crippen LogP contribution in [0, 0.1) is 0 Å². The first-order valence-corrected chi connectivity index (χ1v) is 4.96. The number of aromatic nitrogens is 1. The van der Waals surface area contributed by atoms with Gasteiger partial charge in [0.2, 0.25) is 0 Å². The lowest BCUT2D eigenvalue weighted by atomic mass is 9.91. The molecule has 1 heterocycles. The number of hydrogen-bond acceptors (Lipinski definition) is 2. The normalized spacial score (nSPS) is 20.4. The van der Waals surface area contributed by atoms with Gasteiger partial charge in [0, 0.05) is 17.9 Å². The van der Waals surface area contributed by atoms with Crippen molar-refractivity contribution in [2.45, 2.75) is 37.6 Å². The largest absolute Gasteiger partial charge is 0.325 e. The SMILES string of the molecule is NC1(Cc2ccncc2)CCCC1. The van der Waals surface area contributed by atoms with Crippen LogP contribution in [0.15, 0.2) is 24.5 Å². The highest BCUT2D eigenvalue weighted by Crippen LogP contribution is 2.30. The van der Waals surface area contributed by atoms with Gasteiger partial charge in [0.05, 0.1) is 0 Å². The summed E-state index contributed by atoms with van der Waals surface area (Å²) in [5.41, 5.74) is 7.66. The second kappa shape index (κ2) is 3.46. The van der Waals surface area contributed by atoms with E-state index in [1.807, 2.05) is 12.4 Å². The molecule has 2 nitrogen and oxygen atoms in total. The highest BCUT2D eigenvalue weighted by atomic mass is 14.7. The summed E-state index contributed by atoms with van der Waals surface area (Å²) in [7, 11) is 0. The van der Waals surface area contributed by atoms with Crippen molar-refractivity contribution in [3.8, 4) is 0 Å². The van der Waals surface area contributed by atoms with E-state index >= 15 is 0 Å². The van der Waals surface area contributed by atoms with E-state index < -0.39 is 0 Å². The number of rotatable bonds is 2. The zero-order valence-corrected chi connectivity index (χ0v) is 7.87. The van der Waals surface area contributed by atoms with Crippen LogP contribution in [0.5, 0.6) is 0 Å². The van der Waals surface area contributed by atoms with Gasteiger partial charge in [-0.3, -0.25) is 4.98 Å². The second-order valence-corrected chi connectivity index (χ2v) is 4.10. The number of hydrogen-bond donors (Lipinski definition) is 1. The monoisotopic (exact) mass is 176 g/mol. The first kappa shape index (κ1) is 8.70. The van der Waals surface area contributed by atoms with Crippen LogP contribution in [0.3, 0.4) is 0 Å². The molecule has 0 atom stereocenters. The summed E-state index contributed by atoms with van der Waals surface area (Å²) in [4.78, 5) is 4.00. The van der Waals surface area contributed by atoms with Gasteiger partial charge in [-0.15, -0.1) is 0 Å². The van der Waals surface area contributed by atoms with Crippen molar-refractivity contribution >= 4 is 0 Å². The molecule has 1 aromatic rings. The molecule has 1 aliphatic carbocycles. The molecular weight excluding hydrogens is 160 g/mol. The highest BCUT2D eigenvalue weighted by molar-refractivity contribution is 5.14. The van der Waals surface area contributed by atoms with Gasteiger partial charge in [-0.1, -0.05) is 12.8 Å². The lowest BCUT2D eigenvalue weighted by Gasteiger charge is -2.23. The summed E-state index contributed by atoms with van der Waals surface area (Å²) in [6, 6.07) is 4.12. The van der Waals surface area contributed by atoms with Crippen molar-refractivity contribution < 1.29 is 0 Å². The summed E-state index contributed by atoms with van der Waals surface area (Å²) in [6.07, 6.45) is 9.63. The van der Waals surface area contributed by atoms with E-state index in [2.05, 4.69) is 17.1 Å². The minimum absolute atomic E-state index is 0.0708. The Labute approximate surface area is 79.2 Å². The molecule has 1 saturated carbocycles. The second-order valence-electron chi connectivity index (χ2n) is 4.10. The molecule has 0 saturated heterocycles. The van der Waals surface area contributed by atoms with Gasteiger partial charge in [-0.25, -0.2) is 0 Å². The van der Waals surface area contributed by atoms with Gasteiger partial charge in [-0.2, -0.15) is 0 Å². The summed E-state index contributed by atoms with van der Waals surface area (Å²) < 4.78 is 0. The van der Waals surface area contributed by atoms with Crippen LogP contribution in [-0.2, 0) is 6.42 Å². The maximum absolute atomic E-state index is 6.27. The Morgan fingerprint density at radius 2 is 1.85 bits per heavy atom. The molecule has 2 N–H and O–H groups in total. The molecule has 70 valence electrons. The Morgan fingerprint density at radius 3 is 2.46 bits per heavy atom. The number of pyridine rings is 1. The molecule has 0 unspecified atom stereocenters. The summed E-state index contributed by atoms with van der Waals surface area (Å²) >= 11 is 0. The van der Waals surface area contributed by atoms with Gasteiger partial charge >= 0.3 is 0 Å². The Balaban J connectivity index is 2.05. The van der Waals surface area contributed by atoms with E-state index in [9.17, 15) is 0 Å². The Morgan fingerprint density at radius 1 is 1.23 bits per heavy atom. The van der Waals surface area contributed by atoms with E-state index in [-0.39, 0.29) is 5.54 Å². The van der Waals surface area contributed by atoms with Crippen LogP contribution in [0.4, 0.5) is 0 Å². The molecule has 2 heteroatoms. The molecule has 1 fully saturated rings. The molecule has 0 aliphatic heterocycles. The molecule has 0 bridgehead atoms. The van der Waals surface area contributed by atoms with Crippen molar-refractivity contribution in [1.29, 1.82) is 0 Å². The lowest BCUT2D eigenvalue weighted by Crippen LogP contribution is -2.38. The van der Waals surface area contributed by atoms with E-state index in [4.69, 9.17) is 5.73 Å². The molecule has 1 aromatic heterocycles. The quantitative estimate of drug-likeness (QED) is 0.747. The van der Waals surface area contributed by atoms with E-state index in [0.717, 1.165) is 6.42 Å². The molecule has 0 spiro atoms. The Bertz CT molecular complexity index is 263. The fourth-order valence-electron chi connectivity index (χ4n) is 2.16. The molecule has 1 aliphatic rings. The average molecular weight is 176 g/mol. The van der Waals surface area contributed by atoms with Gasteiger partial charge in [0.15, 0.2) is 0 Å². The third kappa shape index (κ3) is 2.07. The highest BCUT2D eigenvalue weighted by Gasteiger charge is 2.28. The standard InChI is InChI=1S/C11H16N2/c12-11(5-1-2-6-11)9-10-3-7-13-8-4-10/h3-4,7-8H,1-2,5-6,9,12H2. The lowest BCUT2D eigenvalue weighted by molar-refractivity contribution is 0.436. The predicted octanol–water partition coefficient (Wildman–Crippen LogP) is 1.90. The maximum Gasteiger partial charge on any atom is 0.0270 e. The summed E-state index contributed by atoms with van der Waals surface area (Å²) in [5.74, 6) is 0. The fourth-order valence-corrected chi connectivity index (χ4v) is 2.16. The first-order chi connectivity index (χ1) is 6.29. The zero-order chi connectivity index (χ0) is 9.15. The molecular formula is C11H16N2. The molecule has 0 aromatic carbocycles. The van der Waals surface area contributed by atoms with Crippen molar-refractivity contribution in [3.63, 3.8) is 0 Å². The third-order valence-corrected chi connectivity index (χ3v) is 2.90. The van der Waals surface area contributed by atoms with Crippen LogP contribution in [-0.4, -0.2) is 10.5 Å². The van der Waals surface area contributed by atoms with Gasteiger partial charge in [0.25, 0.3) is 0 Å². The van der Waals surface area contributed by atoms with Crippen molar-refractivity contribution in [2.24, 2.45) is 5.73 Å². The Hall–Kier alpha value is -0.890. The van der Waals surface area contributed by atoms with Crippen molar-refractivity contribution in [1.82, 2.24) is 4.98 Å². The zero-order valence-electron chi connectivity index (χ0n) is 7.87. The number of nitrogens with zero attached hydrogens (tertiary/aromatic N) is 1. The van der Waals surface area contributed by atoms with Gasteiger partial charge < -0.3 is 5.73 Å². The summed E-state index contributed by atoms with van der Waals surface area (Å²) in [5, 5.41) is 0. The molecule has 0 radical (unpaired) electrons. The van der Waals surface area contributed by atoms with E-state index in [1.165, 1.54) is 31.2 Å². The molecule has 2 rings (SSSR count). The van der Waals surface area contributed by atoms with Crippen molar-refractivity contribution in [2.75, 3.05) is 0 Å². The number of nitrogens with two attached hydrogens (primary N) is 1. The maximum atomic E-state index is 6.27. The summed E-state index contributed by atoms with van der Waals surface area (Å²) in [6.45, 7) is 0. The van der Waals surface area contributed by atoms with Crippen LogP contribution in [0.2, 0.25) is 0 Å². The predicted molar refractivity (Wildman–Crippen MR) is 53.3 cm³/mol. The van der Waals surface area contributed by atoms with Crippen LogP contribution in [0.25, 0.3) is 0 Å². The smallest absolute Gasteiger partial charge is 0.0270 e. The van der Waals surface area contributed by atoms with Crippen LogP contribution >= 0.6 is 0 Å². The van der Waals surface area contributed by atoms with Crippen LogP contribution in [0.1, 0.15) is 31.2 Å². The fraction of sp³-hybridized carbons (Fsp3) is 0.545. The first-order valence-electron chi connectivity index (χ1n) is 4.96. The van der Waals surface area contributed by atoms with Crippen molar-refractivity contribution in [3.05, 3.63) is 30.1 Å².